The molecule has 0 aromatic heterocycles. The highest BCUT2D eigenvalue weighted by Crippen LogP contribution is 2.44. The fourth-order valence-corrected chi connectivity index (χ4v) is 3.00. The molecule has 1 aromatic rings. The van der Waals surface area contributed by atoms with E-state index in [1.165, 1.54) is 17.7 Å². The van der Waals surface area contributed by atoms with Crippen LogP contribution < -0.4 is 4.90 Å². The van der Waals surface area contributed by atoms with E-state index in [2.05, 4.69) is 29.2 Å². The molecule has 1 fully saturated rings. The number of aliphatic hydroxyl groups is 1. The Labute approximate surface area is 97.9 Å². The number of aliphatic hydroxyl groups excluding tert-OH is 1. The first kappa shape index (κ1) is 11.5. The fraction of sp³-hybridized carbons (Fsp3) is 0.571. The number of hydrogen-bond acceptors (Lipinski definition) is 2. The van der Waals surface area contributed by atoms with Gasteiger partial charge in [-0.2, -0.15) is 0 Å². The lowest BCUT2D eigenvalue weighted by Gasteiger charge is -2.31. The van der Waals surface area contributed by atoms with Crippen LogP contribution in [0, 0.1) is 0 Å². The molecule has 2 heterocycles. The molecule has 1 atom stereocenters. The van der Waals surface area contributed by atoms with E-state index in [9.17, 15) is 5.11 Å². The maximum Gasteiger partial charge on any atom is 0.0674 e. The number of fused-ring (bicyclic) bond motifs is 3. The summed E-state index contributed by atoms with van der Waals surface area (Å²) in [6.45, 7) is 5.40. The lowest BCUT2D eigenvalue weighted by molar-refractivity contribution is 0.203. The monoisotopic (exact) mass is 219 g/mol. The highest BCUT2D eigenvalue weighted by molar-refractivity contribution is 5.62. The van der Waals surface area contributed by atoms with E-state index in [0.717, 1.165) is 19.4 Å². The zero-order valence-corrected chi connectivity index (χ0v) is 10.2. The van der Waals surface area contributed by atoms with Gasteiger partial charge in [0.25, 0.3) is 0 Å². The third-order valence-electron chi connectivity index (χ3n) is 3.69. The first-order valence-electron chi connectivity index (χ1n) is 6.32. The lowest BCUT2D eigenvalue weighted by atomic mass is 9.93. The van der Waals surface area contributed by atoms with Gasteiger partial charge in [-0.25, -0.2) is 0 Å². The topological polar surface area (TPSA) is 23.5 Å². The van der Waals surface area contributed by atoms with Gasteiger partial charge in [-0.3, -0.25) is 0 Å². The summed E-state index contributed by atoms with van der Waals surface area (Å²) in [7, 11) is 0. The van der Waals surface area contributed by atoms with Crippen LogP contribution in [0.2, 0.25) is 0 Å². The minimum absolute atomic E-state index is 0.0453. The molecule has 1 N–H and O–H groups in total. The number of para-hydroxylation sites is 1. The molecule has 3 rings (SSSR count). The SMILES string of the molecule is CC.OCC12CCCN1c1ccccc1C2. The summed E-state index contributed by atoms with van der Waals surface area (Å²) in [5.41, 5.74) is 2.80. The van der Waals surface area contributed by atoms with Crippen LogP contribution in [0.3, 0.4) is 0 Å². The molecule has 2 aliphatic heterocycles. The molecule has 0 bridgehead atoms. The Kier molecular flexibility index (Phi) is 3.20. The number of hydrogen-bond donors (Lipinski definition) is 1. The van der Waals surface area contributed by atoms with Crippen molar-refractivity contribution in [1.29, 1.82) is 0 Å². The highest BCUT2D eigenvalue weighted by Gasteiger charge is 2.45. The Balaban J connectivity index is 0.000000457. The van der Waals surface area contributed by atoms with Gasteiger partial charge in [0.15, 0.2) is 0 Å². The Bertz CT molecular complexity index is 364. The van der Waals surface area contributed by atoms with Crippen molar-refractivity contribution in [3.63, 3.8) is 0 Å². The number of benzene rings is 1. The summed E-state index contributed by atoms with van der Waals surface area (Å²) < 4.78 is 0. The molecule has 2 nitrogen and oxygen atoms in total. The molecule has 1 aromatic carbocycles. The predicted molar refractivity (Wildman–Crippen MR) is 67.9 cm³/mol. The fourth-order valence-electron chi connectivity index (χ4n) is 3.00. The van der Waals surface area contributed by atoms with Gasteiger partial charge in [0.2, 0.25) is 0 Å². The number of anilines is 1. The van der Waals surface area contributed by atoms with E-state index in [4.69, 9.17) is 0 Å². The highest BCUT2D eigenvalue weighted by atomic mass is 16.3. The molecule has 16 heavy (non-hydrogen) atoms. The zero-order valence-electron chi connectivity index (χ0n) is 10.2. The van der Waals surface area contributed by atoms with Crippen LogP contribution in [0.15, 0.2) is 24.3 Å². The molecule has 2 aliphatic rings. The second kappa shape index (κ2) is 4.46. The van der Waals surface area contributed by atoms with Crippen LogP contribution in [0.25, 0.3) is 0 Å². The average Bonchev–Trinajstić information content (AvgIpc) is 2.87. The van der Waals surface area contributed by atoms with Gasteiger partial charge in [-0.05, 0) is 30.9 Å². The minimum atomic E-state index is 0.0453. The van der Waals surface area contributed by atoms with Gasteiger partial charge in [-0.15, -0.1) is 0 Å². The molecule has 0 amide bonds. The summed E-state index contributed by atoms with van der Waals surface area (Å²) in [6.07, 6.45) is 3.38. The third-order valence-corrected chi connectivity index (χ3v) is 3.69. The van der Waals surface area contributed by atoms with Gasteiger partial charge in [0.05, 0.1) is 12.1 Å². The molecule has 0 spiro atoms. The minimum Gasteiger partial charge on any atom is -0.394 e. The summed E-state index contributed by atoms with van der Waals surface area (Å²) in [6, 6.07) is 8.54. The van der Waals surface area contributed by atoms with Crippen LogP contribution >= 0.6 is 0 Å². The molecular formula is C14H21NO. The van der Waals surface area contributed by atoms with E-state index < -0.39 is 0 Å². The molecule has 0 aliphatic carbocycles. The number of rotatable bonds is 1. The average molecular weight is 219 g/mol. The maximum atomic E-state index is 9.56. The third kappa shape index (κ3) is 1.52. The Morgan fingerprint density at radius 1 is 1.31 bits per heavy atom. The molecule has 1 saturated heterocycles. The predicted octanol–water partition coefficient (Wildman–Crippen LogP) is 2.60. The standard InChI is InChI=1S/C12H15NO.C2H6/c14-9-12-6-3-7-13(12)11-5-2-1-4-10(11)8-12;1-2/h1-2,4-5,14H,3,6-9H2;1-2H3. The van der Waals surface area contributed by atoms with Crippen molar-refractivity contribution in [2.24, 2.45) is 0 Å². The van der Waals surface area contributed by atoms with Gasteiger partial charge in [0, 0.05) is 12.2 Å². The van der Waals surface area contributed by atoms with Crippen molar-refractivity contribution >= 4 is 5.69 Å². The van der Waals surface area contributed by atoms with Crippen LogP contribution in [-0.4, -0.2) is 23.8 Å². The molecular weight excluding hydrogens is 198 g/mol. The molecule has 0 radical (unpaired) electrons. The van der Waals surface area contributed by atoms with Crippen molar-refractivity contribution < 1.29 is 5.11 Å². The quantitative estimate of drug-likeness (QED) is 0.785. The molecule has 1 unspecified atom stereocenters. The van der Waals surface area contributed by atoms with Gasteiger partial charge in [0.1, 0.15) is 0 Å². The second-order valence-electron chi connectivity index (χ2n) is 4.44. The van der Waals surface area contributed by atoms with E-state index >= 15 is 0 Å². The van der Waals surface area contributed by atoms with Crippen LogP contribution in [0.4, 0.5) is 5.69 Å². The van der Waals surface area contributed by atoms with Gasteiger partial charge in [-0.1, -0.05) is 32.0 Å². The van der Waals surface area contributed by atoms with Crippen molar-refractivity contribution in [1.82, 2.24) is 0 Å². The van der Waals surface area contributed by atoms with Gasteiger partial charge >= 0.3 is 0 Å². The molecule has 88 valence electrons. The number of nitrogens with zero attached hydrogens (tertiary/aromatic N) is 1. The maximum absolute atomic E-state index is 9.56. The largest absolute Gasteiger partial charge is 0.394 e. The van der Waals surface area contributed by atoms with Crippen molar-refractivity contribution in [2.45, 2.75) is 38.6 Å². The summed E-state index contributed by atoms with van der Waals surface area (Å²) in [4.78, 5) is 2.41. The van der Waals surface area contributed by atoms with Crippen molar-refractivity contribution in [2.75, 3.05) is 18.1 Å². The first-order chi connectivity index (χ1) is 7.86. The first-order valence-corrected chi connectivity index (χ1v) is 6.32. The van der Waals surface area contributed by atoms with Crippen LogP contribution in [0.5, 0.6) is 0 Å². The zero-order chi connectivity index (χ0) is 11.6. The normalized spacial score (nSPS) is 25.8. The smallest absolute Gasteiger partial charge is 0.0674 e. The van der Waals surface area contributed by atoms with E-state index in [1.807, 2.05) is 13.8 Å². The molecule has 2 heteroatoms. The Morgan fingerprint density at radius 2 is 2.06 bits per heavy atom. The second-order valence-corrected chi connectivity index (χ2v) is 4.44. The van der Waals surface area contributed by atoms with Crippen molar-refractivity contribution in [3.05, 3.63) is 29.8 Å². The van der Waals surface area contributed by atoms with E-state index in [-0.39, 0.29) is 5.54 Å². The summed E-state index contributed by atoms with van der Waals surface area (Å²) in [5.74, 6) is 0. The van der Waals surface area contributed by atoms with Crippen molar-refractivity contribution in [3.8, 4) is 0 Å². The van der Waals surface area contributed by atoms with Gasteiger partial charge < -0.3 is 10.0 Å². The summed E-state index contributed by atoms with van der Waals surface area (Å²) in [5, 5.41) is 9.56. The van der Waals surface area contributed by atoms with Crippen LogP contribution in [0.1, 0.15) is 32.3 Å². The summed E-state index contributed by atoms with van der Waals surface area (Å²) >= 11 is 0. The lowest BCUT2D eigenvalue weighted by Crippen LogP contribution is -2.44. The van der Waals surface area contributed by atoms with Crippen LogP contribution in [-0.2, 0) is 6.42 Å². The van der Waals surface area contributed by atoms with E-state index in [0.29, 0.717) is 6.61 Å². The molecule has 0 saturated carbocycles. The van der Waals surface area contributed by atoms with E-state index in [1.54, 1.807) is 0 Å². The Hall–Kier alpha value is -1.02. The Morgan fingerprint density at radius 3 is 2.81 bits per heavy atom.